The van der Waals surface area contributed by atoms with Gasteiger partial charge in [-0.05, 0) is 36.2 Å². The number of fused-ring (bicyclic) bond motifs is 1. The van der Waals surface area contributed by atoms with E-state index in [1.54, 1.807) is 24.8 Å². The third-order valence-electron chi connectivity index (χ3n) is 3.93. The number of aryl methyl sites for hydroxylation is 2. The first-order valence-corrected chi connectivity index (χ1v) is 8.53. The molecule has 1 N–H and O–H groups in total. The van der Waals surface area contributed by atoms with Crippen LogP contribution in [0.5, 0.6) is 5.75 Å². The van der Waals surface area contributed by atoms with Crippen molar-refractivity contribution in [3.8, 4) is 16.3 Å². The van der Waals surface area contributed by atoms with Crippen LogP contribution in [-0.4, -0.2) is 27.3 Å². The van der Waals surface area contributed by atoms with E-state index in [0.717, 1.165) is 45.2 Å². The minimum absolute atomic E-state index is 0.852. The molecule has 120 valence electrons. The predicted octanol–water partition coefficient (Wildman–Crippen LogP) is 3.88. The third kappa shape index (κ3) is 2.88. The van der Waals surface area contributed by atoms with Crippen LogP contribution in [0.25, 0.3) is 21.6 Å². The van der Waals surface area contributed by atoms with Gasteiger partial charge in [0.1, 0.15) is 15.8 Å². The third-order valence-corrected chi connectivity index (χ3v) is 4.97. The maximum atomic E-state index is 5.40. The van der Waals surface area contributed by atoms with Gasteiger partial charge in [0, 0.05) is 12.0 Å². The summed E-state index contributed by atoms with van der Waals surface area (Å²) < 4.78 is 5.40. The molecule has 0 aliphatic heterocycles. The summed E-state index contributed by atoms with van der Waals surface area (Å²) in [6.45, 7) is 0. The molecule has 2 heterocycles. The zero-order valence-corrected chi connectivity index (χ0v) is 14.0. The Hall–Kier alpha value is -2.73. The Morgan fingerprint density at radius 2 is 2.00 bits per heavy atom. The van der Waals surface area contributed by atoms with Crippen LogP contribution in [0.15, 0.2) is 48.8 Å². The van der Waals surface area contributed by atoms with Gasteiger partial charge in [0.05, 0.1) is 24.5 Å². The summed E-state index contributed by atoms with van der Waals surface area (Å²) in [6, 6.07) is 14.2. The van der Waals surface area contributed by atoms with E-state index in [4.69, 9.17) is 4.74 Å². The number of rotatable bonds is 5. The molecule has 0 aliphatic carbocycles. The highest BCUT2D eigenvalue weighted by Gasteiger charge is 2.09. The minimum Gasteiger partial charge on any atom is -0.496 e. The number of para-hydroxylation sites is 1. The number of methoxy groups -OCH3 is 1. The number of nitrogens with zero attached hydrogens (tertiary/aromatic N) is 3. The Morgan fingerprint density at radius 1 is 1.08 bits per heavy atom. The fraction of sp³-hybridized carbons (Fsp3) is 0.167. The molecule has 0 aliphatic rings. The van der Waals surface area contributed by atoms with Crippen molar-refractivity contribution in [2.24, 2.45) is 0 Å². The van der Waals surface area contributed by atoms with Gasteiger partial charge < -0.3 is 9.72 Å². The van der Waals surface area contributed by atoms with Crippen molar-refractivity contribution in [2.45, 2.75) is 12.8 Å². The number of hydrogen-bond donors (Lipinski definition) is 1. The van der Waals surface area contributed by atoms with Gasteiger partial charge in [0.2, 0.25) is 0 Å². The monoisotopic (exact) mass is 336 g/mol. The fourth-order valence-corrected chi connectivity index (χ4v) is 3.53. The molecule has 0 fully saturated rings. The molecule has 24 heavy (non-hydrogen) atoms. The van der Waals surface area contributed by atoms with E-state index in [1.165, 1.54) is 5.56 Å². The molecule has 5 nitrogen and oxygen atoms in total. The maximum Gasteiger partial charge on any atom is 0.147 e. The molecule has 0 unspecified atom stereocenters. The molecule has 0 saturated carbocycles. The molecule has 0 bridgehead atoms. The molecule has 2 aromatic carbocycles. The van der Waals surface area contributed by atoms with Crippen LogP contribution in [0.1, 0.15) is 10.6 Å². The summed E-state index contributed by atoms with van der Waals surface area (Å²) >= 11 is 1.63. The standard InChI is InChI=1S/C18H16N4OS/c1-23-16-5-3-2-4-12(16)7-9-17-21-22-18(24-17)13-6-8-14-15(10-13)20-11-19-14/h2-6,8,10-11H,7,9H2,1H3,(H,19,20). The van der Waals surface area contributed by atoms with Crippen LogP contribution in [0.4, 0.5) is 0 Å². The topological polar surface area (TPSA) is 63.7 Å². The first-order valence-electron chi connectivity index (χ1n) is 7.71. The molecule has 6 heteroatoms. The SMILES string of the molecule is COc1ccccc1CCc1nnc(-c2ccc3nc[nH]c3c2)s1. The van der Waals surface area contributed by atoms with Gasteiger partial charge in [0.15, 0.2) is 0 Å². The summed E-state index contributed by atoms with van der Waals surface area (Å²) in [5.41, 5.74) is 4.22. The van der Waals surface area contributed by atoms with Gasteiger partial charge in [-0.25, -0.2) is 4.98 Å². The Labute approximate surface area is 143 Å². The quantitative estimate of drug-likeness (QED) is 0.601. The van der Waals surface area contributed by atoms with Crippen LogP contribution in [0.2, 0.25) is 0 Å². The average molecular weight is 336 g/mol. The minimum atomic E-state index is 0.852. The van der Waals surface area contributed by atoms with Crippen LogP contribution >= 0.6 is 11.3 Å². The number of hydrogen-bond acceptors (Lipinski definition) is 5. The molecule has 0 amide bonds. The molecule has 0 saturated heterocycles. The normalized spacial score (nSPS) is 11.0. The second kappa shape index (κ2) is 6.41. The van der Waals surface area contributed by atoms with Crippen molar-refractivity contribution in [2.75, 3.05) is 7.11 Å². The Balaban J connectivity index is 1.52. The lowest BCUT2D eigenvalue weighted by Crippen LogP contribution is -1.94. The highest BCUT2D eigenvalue weighted by molar-refractivity contribution is 7.14. The summed E-state index contributed by atoms with van der Waals surface area (Å²) in [5.74, 6) is 0.923. The number of aromatic nitrogens is 4. The number of aromatic amines is 1. The largest absolute Gasteiger partial charge is 0.496 e. The van der Waals surface area contributed by atoms with Crippen molar-refractivity contribution in [1.29, 1.82) is 0 Å². The van der Waals surface area contributed by atoms with E-state index < -0.39 is 0 Å². The zero-order valence-electron chi connectivity index (χ0n) is 13.2. The van der Waals surface area contributed by atoms with E-state index in [9.17, 15) is 0 Å². The fourth-order valence-electron chi connectivity index (χ4n) is 2.69. The molecule has 4 rings (SSSR count). The molecule has 0 radical (unpaired) electrons. The summed E-state index contributed by atoms with van der Waals surface area (Å²) in [5, 5.41) is 10.6. The predicted molar refractivity (Wildman–Crippen MR) is 95.4 cm³/mol. The zero-order chi connectivity index (χ0) is 16.4. The first kappa shape index (κ1) is 14.8. The maximum absolute atomic E-state index is 5.40. The molecule has 0 spiro atoms. The van der Waals surface area contributed by atoms with Crippen molar-refractivity contribution in [3.63, 3.8) is 0 Å². The van der Waals surface area contributed by atoms with Crippen molar-refractivity contribution in [1.82, 2.24) is 20.2 Å². The summed E-state index contributed by atoms with van der Waals surface area (Å²) in [6.07, 6.45) is 3.44. The Bertz CT molecular complexity index is 976. The number of ether oxygens (including phenoxy) is 1. The Kier molecular flexibility index (Phi) is 3.96. The van der Waals surface area contributed by atoms with Crippen LogP contribution in [0.3, 0.4) is 0 Å². The highest BCUT2D eigenvalue weighted by atomic mass is 32.1. The van der Waals surface area contributed by atoms with Gasteiger partial charge in [-0.2, -0.15) is 0 Å². The Morgan fingerprint density at radius 3 is 2.92 bits per heavy atom. The van der Waals surface area contributed by atoms with Gasteiger partial charge >= 0.3 is 0 Å². The molecule has 4 aromatic rings. The van der Waals surface area contributed by atoms with Crippen LogP contribution in [-0.2, 0) is 12.8 Å². The lowest BCUT2D eigenvalue weighted by atomic mass is 10.1. The second-order valence-electron chi connectivity index (χ2n) is 5.45. The highest BCUT2D eigenvalue weighted by Crippen LogP contribution is 2.27. The summed E-state index contributed by atoms with van der Waals surface area (Å²) in [7, 11) is 1.70. The van der Waals surface area contributed by atoms with Crippen LogP contribution < -0.4 is 4.74 Å². The van der Waals surface area contributed by atoms with Gasteiger partial charge in [0.25, 0.3) is 0 Å². The molecule has 0 atom stereocenters. The van der Waals surface area contributed by atoms with E-state index in [-0.39, 0.29) is 0 Å². The van der Waals surface area contributed by atoms with E-state index in [2.05, 4.69) is 32.3 Å². The molecule has 2 aromatic heterocycles. The van der Waals surface area contributed by atoms with E-state index >= 15 is 0 Å². The molecular weight excluding hydrogens is 320 g/mol. The summed E-state index contributed by atoms with van der Waals surface area (Å²) in [4.78, 5) is 7.37. The second-order valence-corrected chi connectivity index (χ2v) is 6.51. The van der Waals surface area contributed by atoms with Gasteiger partial charge in [-0.3, -0.25) is 0 Å². The molecular formula is C18H16N4OS. The number of imidazole rings is 1. The van der Waals surface area contributed by atoms with Crippen molar-refractivity contribution in [3.05, 3.63) is 59.4 Å². The average Bonchev–Trinajstić information content (AvgIpc) is 3.28. The lowest BCUT2D eigenvalue weighted by molar-refractivity contribution is 0.409. The first-order chi connectivity index (χ1) is 11.8. The van der Waals surface area contributed by atoms with Crippen molar-refractivity contribution >= 4 is 22.4 Å². The number of benzene rings is 2. The van der Waals surface area contributed by atoms with Crippen molar-refractivity contribution < 1.29 is 4.74 Å². The lowest BCUT2D eigenvalue weighted by Gasteiger charge is -2.06. The van der Waals surface area contributed by atoms with E-state index in [1.807, 2.05) is 30.3 Å². The van der Waals surface area contributed by atoms with Gasteiger partial charge in [-0.1, -0.05) is 29.5 Å². The number of H-pyrrole nitrogens is 1. The van der Waals surface area contributed by atoms with Crippen LogP contribution in [0, 0.1) is 0 Å². The van der Waals surface area contributed by atoms with E-state index in [0.29, 0.717) is 0 Å². The smallest absolute Gasteiger partial charge is 0.147 e. The van der Waals surface area contributed by atoms with Gasteiger partial charge in [-0.15, -0.1) is 10.2 Å². The number of nitrogens with one attached hydrogen (secondary N) is 1.